The van der Waals surface area contributed by atoms with Crippen LogP contribution in [0.5, 0.6) is 17.2 Å². The van der Waals surface area contributed by atoms with Gasteiger partial charge in [-0.25, -0.2) is 0 Å². The zero-order valence-electron chi connectivity index (χ0n) is 14.9. The molecule has 0 atom stereocenters. The summed E-state index contributed by atoms with van der Waals surface area (Å²) in [6.07, 6.45) is 0. The lowest BCUT2D eigenvalue weighted by molar-refractivity contribution is -0.0514. The van der Waals surface area contributed by atoms with E-state index in [2.05, 4.69) is 4.74 Å². The number of halogens is 2. The first-order valence-electron chi connectivity index (χ1n) is 8.04. The molecule has 0 fully saturated rings. The highest BCUT2D eigenvalue weighted by Gasteiger charge is 2.15. The van der Waals surface area contributed by atoms with Crippen LogP contribution in [0.3, 0.4) is 0 Å². The van der Waals surface area contributed by atoms with E-state index in [0.717, 1.165) is 5.56 Å². The van der Waals surface area contributed by atoms with Crippen LogP contribution in [-0.2, 0) is 6.54 Å². The van der Waals surface area contributed by atoms with Gasteiger partial charge >= 0.3 is 6.61 Å². The number of methoxy groups -OCH3 is 1. The van der Waals surface area contributed by atoms with Crippen molar-refractivity contribution in [2.45, 2.75) is 20.1 Å². The zero-order chi connectivity index (χ0) is 19.1. The van der Waals surface area contributed by atoms with Gasteiger partial charge in [0.2, 0.25) is 0 Å². The highest BCUT2D eigenvalue weighted by atomic mass is 19.3. The second-order valence-electron chi connectivity index (χ2n) is 5.49. The van der Waals surface area contributed by atoms with Crippen LogP contribution < -0.4 is 14.2 Å². The molecule has 5 nitrogen and oxygen atoms in total. The van der Waals surface area contributed by atoms with Gasteiger partial charge in [-0.3, -0.25) is 4.79 Å². The molecule has 0 N–H and O–H groups in total. The molecule has 0 unspecified atom stereocenters. The Kier molecular flexibility index (Phi) is 6.77. The topological polar surface area (TPSA) is 48.0 Å². The summed E-state index contributed by atoms with van der Waals surface area (Å²) in [6.45, 7) is -0.596. The van der Waals surface area contributed by atoms with Crippen molar-refractivity contribution in [3.05, 3.63) is 53.6 Å². The maximum absolute atomic E-state index is 12.6. The van der Waals surface area contributed by atoms with Crippen molar-refractivity contribution in [3.63, 3.8) is 0 Å². The number of rotatable bonds is 8. The molecule has 7 heteroatoms. The van der Waals surface area contributed by atoms with Gasteiger partial charge in [-0.2, -0.15) is 8.78 Å². The van der Waals surface area contributed by atoms with Gasteiger partial charge in [0.05, 0.1) is 13.7 Å². The molecule has 26 heavy (non-hydrogen) atoms. The molecule has 0 radical (unpaired) electrons. The highest BCUT2D eigenvalue weighted by Crippen LogP contribution is 2.30. The number of hydrogen-bond donors (Lipinski definition) is 0. The van der Waals surface area contributed by atoms with Crippen LogP contribution >= 0.6 is 0 Å². The largest absolute Gasteiger partial charge is 0.497 e. The third kappa shape index (κ3) is 5.08. The molecule has 0 aromatic heterocycles. The van der Waals surface area contributed by atoms with E-state index in [1.807, 2.05) is 0 Å². The van der Waals surface area contributed by atoms with Crippen molar-refractivity contribution in [3.8, 4) is 17.2 Å². The van der Waals surface area contributed by atoms with Crippen LogP contribution in [0.2, 0.25) is 0 Å². The molecule has 1 amide bonds. The lowest BCUT2D eigenvalue weighted by Gasteiger charge is -2.19. The number of carbonyl (C=O) groups is 1. The fourth-order valence-corrected chi connectivity index (χ4v) is 2.43. The van der Waals surface area contributed by atoms with Crippen LogP contribution in [0.4, 0.5) is 8.78 Å². The molecule has 0 aliphatic rings. The number of nitrogens with zero attached hydrogens (tertiary/aromatic N) is 1. The van der Waals surface area contributed by atoms with Gasteiger partial charge in [-0.15, -0.1) is 0 Å². The van der Waals surface area contributed by atoms with E-state index in [1.54, 1.807) is 50.4 Å². The minimum Gasteiger partial charge on any atom is -0.497 e. The maximum atomic E-state index is 12.6. The van der Waals surface area contributed by atoms with E-state index in [9.17, 15) is 13.6 Å². The number of amides is 1. The SMILES string of the molecule is CCOc1cc(CN(C)C(=O)c2cccc(OC)c2)ccc1OC(F)F. The number of ether oxygens (including phenoxy) is 3. The summed E-state index contributed by atoms with van der Waals surface area (Å²) in [5.74, 6) is 0.589. The summed E-state index contributed by atoms with van der Waals surface area (Å²) in [5, 5.41) is 0. The molecule has 2 rings (SSSR count). The molecule has 0 bridgehead atoms. The third-order valence-corrected chi connectivity index (χ3v) is 3.61. The Balaban J connectivity index is 2.15. The lowest BCUT2D eigenvalue weighted by Crippen LogP contribution is -2.26. The summed E-state index contributed by atoms with van der Waals surface area (Å²) < 4.78 is 39.9. The molecule has 0 heterocycles. The van der Waals surface area contributed by atoms with Crippen molar-refractivity contribution in [1.82, 2.24) is 4.90 Å². The minimum absolute atomic E-state index is 0.0348. The number of carbonyl (C=O) groups excluding carboxylic acids is 1. The Bertz CT molecular complexity index is 752. The van der Waals surface area contributed by atoms with E-state index in [1.165, 1.54) is 18.1 Å². The van der Waals surface area contributed by atoms with Crippen LogP contribution in [-0.4, -0.2) is 38.2 Å². The fourth-order valence-electron chi connectivity index (χ4n) is 2.43. The second-order valence-corrected chi connectivity index (χ2v) is 5.49. The zero-order valence-corrected chi connectivity index (χ0v) is 14.9. The molecule has 2 aromatic carbocycles. The van der Waals surface area contributed by atoms with Gasteiger partial charge in [0.25, 0.3) is 5.91 Å². The molecule has 2 aromatic rings. The van der Waals surface area contributed by atoms with E-state index in [0.29, 0.717) is 17.9 Å². The summed E-state index contributed by atoms with van der Waals surface area (Å²) in [5.41, 5.74) is 1.23. The standard InChI is InChI=1S/C19H21F2NO4/c1-4-25-17-10-13(8-9-16(17)26-19(20)21)12-22(2)18(23)14-6-5-7-15(11-14)24-3/h5-11,19H,4,12H2,1-3H3. The average molecular weight is 365 g/mol. The predicted octanol–water partition coefficient (Wildman–Crippen LogP) is 3.97. The van der Waals surface area contributed by atoms with Crippen molar-refractivity contribution >= 4 is 5.91 Å². The number of alkyl halides is 2. The van der Waals surface area contributed by atoms with Crippen LogP contribution in [0, 0.1) is 0 Å². The first-order valence-corrected chi connectivity index (χ1v) is 8.04. The molecule has 0 aliphatic carbocycles. The van der Waals surface area contributed by atoms with Crippen LogP contribution in [0.25, 0.3) is 0 Å². The third-order valence-electron chi connectivity index (χ3n) is 3.61. The van der Waals surface area contributed by atoms with Crippen molar-refractivity contribution in [1.29, 1.82) is 0 Å². The normalized spacial score (nSPS) is 10.5. The fraction of sp³-hybridized carbons (Fsp3) is 0.316. The van der Waals surface area contributed by atoms with Crippen molar-refractivity contribution in [2.24, 2.45) is 0 Å². The Hall–Kier alpha value is -2.83. The highest BCUT2D eigenvalue weighted by molar-refractivity contribution is 5.94. The van der Waals surface area contributed by atoms with E-state index >= 15 is 0 Å². The minimum atomic E-state index is -2.93. The van der Waals surface area contributed by atoms with Gasteiger partial charge in [-0.1, -0.05) is 12.1 Å². The molecular weight excluding hydrogens is 344 g/mol. The van der Waals surface area contributed by atoms with Gasteiger partial charge < -0.3 is 19.1 Å². The van der Waals surface area contributed by atoms with Gasteiger partial charge in [0.15, 0.2) is 11.5 Å². The predicted molar refractivity (Wildman–Crippen MR) is 93.0 cm³/mol. The average Bonchev–Trinajstić information content (AvgIpc) is 2.63. The Morgan fingerprint density at radius 2 is 1.92 bits per heavy atom. The van der Waals surface area contributed by atoms with Gasteiger partial charge in [0.1, 0.15) is 5.75 Å². The first kappa shape index (κ1) is 19.5. The molecule has 0 aliphatic heterocycles. The van der Waals surface area contributed by atoms with E-state index in [-0.39, 0.29) is 24.0 Å². The smallest absolute Gasteiger partial charge is 0.387 e. The number of benzene rings is 2. The van der Waals surface area contributed by atoms with E-state index in [4.69, 9.17) is 9.47 Å². The van der Waals surface area contributed by atoms with Crippen LogP contribution in [0.15, 0.2) is 42.5 Å². The van der Waals surface area contributed by atoms with Crippen molar-refractivity contribution < 1.29 is 27.8 Å². The first-order chi connectivity index (χ1) is 12.4. The maximum Gasteiger partial charge on any atom is 0.387 e. The Morgan fingerprint density at radius 3 is 2.58 bits per heavy atom. The van der Waals surface area contributed by atoms with Crippen molar-refractivity contribution in [2.75, 3.05) is 20.8 Å². The van der Waals surface area contributed by atoms with Crippen LogP contribution in [0.1, 0.15) is 22.8 Å². The lowest BCUT2D eigenvalue weighted by atomic mass is 10.1. The Morgan fingerprint density at radius 1 is 1.15 bits per heavy atom. The number of hydrogen-bond acceptors (Lipinski definition) is 4. The summed E-state index contributed by atoms with van der Waals surface area (Å²) in [4.78, 5) is 14.1. The molecule has 0 saturated carbocycles. The molecule has 0 spiro atoms. The molecule has 0 saturated heterocycles. The van der Waals surface area contributed by atoms with Gasteiger partial charge in [0, 0.05) is 19.2 Å². The quantitative estimate of drug-likeness (QED) is 0.710. The molecular formula is C19H21F2NO4. The monoisotopic (exact) mass is 365 g/mol. The Labute approximate surface area is 151 Å². The second kappa shape index (κ2) is 9.03. The summed E-state index contributed by atoms with van der Waals surface area (Å²) in [6, 6.07) is 11.5. The summed E-state index contributed by atoms with van der Waals surface area (Å²) in [7, 11) is 3.19. The van der Waals surface area contributed by atoms with Gasteiger partial charge in [-0.05, 0) is 42.8 Å². The molecule has 140 valence electrons. The summed E-state index contributed by atoms with van der Waals surface area (Å²) >= 11 is 0. The van der Waals surface area contributed by atoms with E-state index < -0.39 is 6.61 Å².